The summed E-state index contributed by atoms with van der Waals surface area (Å²) < 4.78 is 45.3. The van der Waals surface area contributed by atoms with Gasteiger partial charge in [0.1, 0.15) is 16.5 Å². The maximum Gasteiger partial charge on any atom is 0.271 e. The van der Waals surface area contributed by atoms with Gasteiger partial charge in [0, 0.05) is 10.9 Å². The summed E-state index contributed by atoms with van der Waals surface area (Å²) in [5.74, 6) is -5.28. The topological polar surface area (TPSA) is 80.3 Å². The maximum atomic E-state index is 13.6. The van der Waals surface area contributed by atoms with E-state index in [1.807, 2.05) is 26.0 Å². The van der Waals surface area contributed by atoms with Crippen LogP contribution in [0, 0.1) is 17.5 Å². The number of nitrogens with zero attached hydrogens (tertiary/aromatic N) is 1. The van der Waals surface area contributed by atoms with Gasteiger partial charge in [0.05, 0.1) is 18.3 Å². The molecule has 3 aromatic rings. The molecule has 0 fully saturated rings. The molecule has 6 nitrogen and oxygen atoms in total. The van der Waals surface area contributed by atoms with Crippen LogP contribution in [0.15, 0.2) is 41.8 Å². The van der Waals surface area contributed by atoms with Crippen molar-refractivity contribution in [2.75, 3.05) is 11.9 Å². The van der Waals surface area contributed by atoms with Crippen LogP contribution in [0.4, 0.5) is 18.9 Å². The lowest BCUT2D eigenvalue weighted by Crippen LogP contribution is -2.33. The van der Waals surface area contributed by atoms with Crippen molar-refractivity contribution in [3.63, 3.8) is 0 Å². The molecule has 1 heterocycles. The number of halogens is 3. The van der Waals surface area contributed by atoms with Gasteiger partial charge < -0.3 is 15.4 Å². The van der Waals surface area contributed by atoms with E-state index in [9.17, 15) is 22.8 Å². The number of hydrogen-bond acceptors (Lipinski definition) is 5. The highest BCUT2D eigenvalue weighted by molar-refractivity contribution is 7.13. The molecule has 3 rings (SSSR count). The fourth-order valence-electron chi connectivity index (χ4n) is 2.53. The van der Waals surface area contributed by atoms with Gasteiger partial charge in [-0.25, -0.2) is 18.2 Å². The third kappa shape index (κ3) is 5.60. The van der Waals surface area contributed by atoms with Gasteiger partial charge in [-0.2, -0.15) is 0 Å². The summed E-state index contributed by atoms with van der Waals surface area (Å²) in [4.78, 5) is 28.4. The molecule has 1 aromatic heterocycles. The highest BCUT2D eigenvalue weighted by atomic mass is 32.1. The lowest BCUT2D eigenvalue weighted by atomic mass is 10.2. The molecule has 0 spiro atoms. The Morgan fingerprint density at radius 2 is 1.77 bits per heavy atom. The first-order chi connectivity index (χ1) is 14.7. The normalized spacial score (nSPS) is 10.8. The molecule has 0 unspecified atom stereocenters. The number of hydrogen-bond donors (Lipinski definition) is 2. The minimum absolute atomic E-state index is 0.0526. The van der Waals surface area contributed by atoms with E-state index in [0.717, 1.165) is 17.4 Å². The van der Waals surface area contributed by atoms with E-state index in [1.165, 1.54) is 16.7 Å². The Bertz CT molecular complexity index is 1100. The number of thiazole rings is 1. The number of aromatic nitrogens is 1. The molecule has 2 amide bonds. The van der Waals surface area contributed by atoms with Gasteiger partial charge in [-0.1, -0.05) is 0 Å². The van der Waals surface area contributed by atoms with E-state index < -0.39 is 41.5 Å². The zero-order chi connectivity index (χ0) is 22.5. The van der Waals surface area contributed by atoms with Crippen molar-refractivity contribution >= 4 is 28.8 Å². The molecule has 0 bridgehead atoms. The smallest absolute Gasteiger partial charge is 0.271 e. The summed E-state index contributed by atoms with van der Waals surface area (Å²) in [7, 11) is 0. The first-order valence-corrected chi connectivity index (χ1v) is 10.1. The number of rotatable bonds is 7. The van der Waals surface area contributed by atoms with Crippen LogP contribution in [0.25, 0.3) is 10.6 Å². The Morgan fingerprint density at radius 1 is 1.06 bits per heavy atom. The molecule has 0 aliphatic heterocycles. The van der Waals surface area contributed by atoms with Gasteiger partial charge in [0.15, 0.2) is 17.5 Å². The van der Waals surface area contributed by atoms with E-state index in [0.29, 0.717) is 11.1 Å². The van der Waals surface area contributed by atoms with Crippen LogP contribution in [-0.2, 0) is 4.79 Å². The second kappa shape index (κ2) is 9.61. The fourth-order valence-corrected chi connectivity index (χ4v) is 3.33. The molecule has 0 saturated heterocycles. The molecule has 0 atom stereocenters. The number of amides is 2. The van der Waals surface area contributed by atoms with Crippen LogP contribution < -0.4 is 15.4 Å². The van der Waals surface area contributed by atoms with Crippen LogP contribution in [0.1, 0.15) is 24.3 Å². The average Bonchev–Trinajstić information content (AvgIpc) is 3.23. The van der Waals surface area contributed by atoms with Crippen LogP contribution in [0.2, 0.25) is 0 Å². The molecular formula is C21H18F3N3O3S. The molecule has 0 aliphatic rings. The first-order valence-electron chi connectivity index (χ1n) is 9.18. The number of carbonyl (C=O) groups is 2. The predicted molar refractivity (Wildman–Crippen MR) is 111 cm³/mol. The van der Waals surface area contributed by atoms with Crippen molar-refractivity contribution in [2.45, 2.75) is 20.0 Å². The summed E-state index contributed by atoms with van der Waals surface area (Å²) in [6.45, 7) is 3.34. The van der Waals surface area contributed by atoms with E-state index in [-0.39, 0.29) is 11.8 Å². The van der Waals surface area contributed by atoms with Crippen molar-refractivity contribution < 1.29 is 27.5 Å². The zero-order valence-corrected chi connectivity index (χ0v) is 17.4. The van der Waals surface area contributed by atoms with Crippen LogP contribution >= 0.6 is 11.3 Å². The SMILES string of the molecule is CC(C)Oc1ccc(-c2nc(C(=O)NCC(=O)Nc3ccc(F)c(F)c3F)cs2)cc1. The zero-order valence-electron chi connectivity index (χ0n) is 16.5. The molecule has 10 heteroatoms. The van der Waals surface area contributed by atoms with Crippen molar-refractivity contribution in [2.24, 2.45) is 0 Å². The maximum absolute atomic E-state index is 13.6. The molecule has 31 heavy (non-hydrogen) atoms. The van der Waals surface area contributed by atoms with E-state index in [4.69, 9.17) is 4.74 Å². The monoisotopic (exact) mass is 449 g/mol. The lowest BCUT2D eigenvalue weighted by Gasteiger charge is -2.09. The van der Waals surface area contributed by atoms with E-state index in [2.05, 4.69) is 15.6 Å². The Hall–Kier alpha value is -3.40. The summed E-state index contributed by atoms with van der Waals surface area (Å²) in [6, 6.07) is 8.82. The Labute approximate surface area is 180 Å². The second-order valence-electron chi connectivity index (χ2n) is 6.68. The fraction of sp³-hybridized carbons (Fsp3) is 0.190. The standard InChI is InChI=1S/C21H18F3N3O3S/c1-11(2)30-13-5-3-12(4-6-13)21-27-16(10-31-21)20(29)25-9-17(28)26-15-8-7-14(22)18(23)19(15)24/h3-8,10-11H,9H2,1-2H3,(H,25,29)(H,26,28). The Balaban J connectivity index is 1.57. The largest absolute Gasteiger partial charge is 0.491 e. The number of nitrogens with one attached hydrogen (secondary N) is 2. The van der Waals surface area contributed by atoms with Gasteiger partial charge in [-0.15, -0.1) is 11.3 Å². The summed E-state index contributed by atoms with van der Waals surface area (Å²) >= 11 is 1.25. The minimum Gasteiger partial charge on any atom is -0.491 e. The molecular weight excluding hydrogens is 431 g/mol. The van der Waals surface area contributed by atoms with Crippen molar-refractivity contribution in [1.29, 1.82) is 0 Å². The van der Waals surface area contributed by atoms with Gasteiger partial charge in [0.2, 0.25) is 5.91 Å². The van der Waals surface area contributed by atoms with Gasteiger partial charge in [-0.3, -0.25) is 9.59 Å². The first kappa shape index (κ1) is 22.3. The second-order valence-corrected chi connectivity index (χ2v) is 7.54. The highest BCUT2D eigenvalue weighted by Crippen LogP contribution is 2.26. The van der Waals surface area contributed by atoms with Gasteiger partial charge >= 0.3 is 0 Å². The summed E-state index contributed by atoms with van der Waals surface area (Å²) in [6.07, 6.45) is 0.0526. The number of anilines is 1. The van der Waals surface area contributed by atoms with Gasteiger partial charge in [0.25, 0.3) is 5.91 Å². The van der Waals surface area contributed by atoms with Crippen LogP contribution in [-0.4, -0.2) is 29.4 Å². The number of ether oxygens (including phenoxy) is 1. The highest BCUT2D eigenvalue weighted by Gasteiger charge is 2.17. The van der Waals surface area contributed by atoms with Crippen LogP contribution in [0.3, 0.4) is 0 Å². The van der Waals surface area contributed by atoms with Crippen molar-refractivity contribution in [3.8, 4) is 16.3 Å². The van der Waals surface area contributed by atoms with Crippen LogP contribution in [0.5, 0.6) is 5.75 Å². The number of carbonyl (C=O) groups excluding carboxylic acids is 2. The van der Waals surface area contributed by atoms with Gasteiger partial charge in [-0.05, 0) is 50.2 Å². The minimum atomic E-state index is -1.69. The van der Waals surface area contributed by atoms with Crippen molar-refractivity contribution in [3.05, 3.63) is 64.9 Å². The molecule has 162 valence electrons. The summed E-state index contributed by atoms with van der Waals surface area (Å²) in [5, 5.41) is 6.56. The summed E-state index contributed by atoms with van der Waals surface area (Å²) in [5.41, 5.74) is 0.375. The molecule has 0 saturated carbocycles. The predicted octanol–water partition coefficient (Wildman–Crippen LogP) is 4.38. The number of benzene rings is 2. The molecule has 2 N–H and O–H groups in total. The average molecular weight is 449 g/mol. The van der Waals surface area contributed by atoms with E-state index >= 15 is 0 Å². The van der Waals surface area contributed by atoms with Crippen molar-refractivity contribution in [1.82, 2.24) is 10.3 Å². The van der Waals surface area contributed by atoms with E-state index in [1.54, 1.807) is 12.1 Å². The molecule has 2 aromatic carbocycles. The molecule has 0 radical (unpaired) electrons. The third-order valence-electron chi connectivity index (χ3n) is 3.93. The Morgan fingerprint density at radius 3 is 2.45 bits per heavy atom. The quantitative estimate of drug-likeness (QED) is 0.525. The Kier molecular flexibility index (Phi) is 6.91. The third-order valence-corrected chi connectivity index (χ3v) is 4.82. The molecule has 0 aliphatic carbocycles. The lowest BCUT2D eigenvalue weighted by molar-refractivity contribution is -0.115.